The molecule has 0 saturated carbocycles. The van der Waals surface area contributed by atoms with Crippen LogP contribution in [-0.2, 0) is 9.53 Å². The highest BCUT2D eigenvalue weighted by Crippen LogP contribution is 2.21. The van der Waals surface area contributed by atoms with Crippen LogP contribution in [0.3, 0.4) is 0 Å². The fourth-order valence-electron chi connectivity index (χ4n) is 1.98. The second-order valence-electron chi connectivity index (χ2n) is 4.16. The van der Waals surface area contributed by atoms with Gasteiger partial charge in [-0.15, -0.1) is 0 Å². The Kier molecular flexibility index (Phi) is 3.75. The molecule has 0 radical (unpaired) electrons. The van der Waals surface area contributed by atoms with Crippen LogP contribution in [-0.4, -0.2) is 54.1 Å². The van der Waals surface area contributed by atoms with Crippen molar-refractivity contribution in [3.05, 3.63) is 17.7 Å². The molecule has 1 aromatic rings. The Balaban J connectivity index is 2.14. The average molecular weight is 238 g/mol. The first kappa shape index (κ1) is 12.1. The lowest BCUT2D eigenvalue weighted by Crippen LogP contribution is -2.46. The molecule has 17 heavy (non-hydrogen) atoms. The number of likely N-dealkylation sites (N-methyl/N-ethyl adjacent to an activating group) is 1. The van der Waals surface area contributed by atoms with Gasteiger partial charge in [-0.25, -0.2) is 4.98 Å². The molecule has 2 rings (SSSR count). The maximum absolute atomic E-state index is 12.0. The molecule has 94 valence electrons. The van der Waals surface area contributed by atoms with Crippen LogP contribution >= 0.6 is 0 Å². The highest BCUT2D eigenvalue weighted by atomic mass is 16.5. The molecule has 6 nitrogen and oxygen atoms in total. The largest absolute Gasteiger partial charge is 0.377 e. The Morgan fingerprint density at radius 3 is 3.24 bits per heavy atom. The Hall–Kier alpha value is -1.40. The van der Waals surface area contributed by atoms with Gasteiger partial charge in [-0.3, -0.25) is 4.79 Å². The molecule has 0 bridgehead atoms. The molecule has 0 aromatic carbocycles. The lowest BCUT2D eigenvalue weighted by molar-refractivity contribution is -0.139. The number of hydrogen-bond donors (Lipinski definition) is 2. The summed E-state index contributed by atoms with van der Waals surface area (Å²) in [6.45, 7) is 4.00. The second kappa shape index (κ2) is 5.29. The molecule has 1 atom stereocenters. The number of rotatable bonds is 3. The molecule has 1 aliphatic heterocycles. The van der Waals surface area contributed by atoms with Crippen LogP contribution in [0.4, 0.5) is 0 Å². The van der Waals surface area contributed by atoms with Crippen molar-refractivity contribution < 1.29 is 9.53 Å². The maximum atomic E-state index is 12.0. The van der Waals surface area contributed by atoms with Gasteiger partial charge in [0.1, 0.15) is 11.9 Å². The van der Waals surface area contributed by atoms with E-state index in [1.54, 1.807) is 13.2 Å². The number of H-pyrrole nitrogens is 1. The van der Waals surface area contributed by atoms with Gasteiger partial charge < -0.3 is 19.9 Å². The van der Waals surface area contributed by atoms with Crippen molar-refractivity contribution in [1.82, 2.24) is 20.2 Å². The molecule has 1 aliphatic rings. The normalized spacial score (nSPS) is 20.6. The number of nitrogens with one attached hydrogen (secondary N) is 2. The monoisotopic (exact) mass is 238 g/mol. The molecule has 1 amide bonds. The van der Waals surface area contributed by atoms with E-state index in [-0.39, 0.29) is 11.9 Å². The van der Waals surface area contributed by atoms with Gasteiger partial charge in [0.2, 0.25) is 5.91 Å². The summed E-state index contributed by atoms with van der Waals surface area (Å²) in [5.41, 5.74) is 0.992. The molecule has 2 N–H and O–H groups in total. The van der Waals surface area contributed by atoms with Crippen LogP contribution in [0.1, 0.15) is 17.6 Å². The number of ether oxygens (including phenoxy) is 1. The number of aryl methyl sites for hydroxylation is 1. The number of carbonyl (C=O) groups excluding carboxylic acids is 1. The summed E-state index contributed by atoms with van der Waals surface area (Å²) in [5, 5.41) is 2.88. The zero-order chi connectivity index (χ0) is 12.3. The third kappa shape index (κ3) is 2.65. The van der Waals surface area contributed by atoms with Gasteiger partial charge in [0, 0.05) is 18.4 Å². The first-order valence-corrected chi connectivity index (χ1v) is 5.75. The fourth-order valence-corrected chi connectivity index (χ4v) is 1.98. The molecule has 2 heterocycles. The molecule has 1 saturated heterocycles. The van der Waals surface area contributed by atoms with Crippen molar-refractivity contribution in [1.29, 1.82) is 0 Å². The number of aromatic nitrogens is 2. The highest BCUT2D eigenvalue weighted by molar-refractivity contribution is 5.78. The van der Waals surface area contributed by atoms with Crippen LogP contribution in [0.25, 0.3) is 0 Å². The Labute approximate surface area is 100 Å². The summed E-state index contributed by atoms with van der Waals surface area (Å²) in [4.78, 5) is 21.2. The average Bonchev–Trinajstić information content (AvgIpc) is 2.76. The molecular weight excluding hydrogens is 220 g/mol. The quantitative estimate of drug-likeness (QED) is 0.767. The Bertz CT molecular complexity index is 391. The van der Waals surface area contributed by atoms with E-state index in [0.29, 0.717) is 26.3 Å². The third-order valence-corrected chi connectivity index (χ3v) is 2.81. The zero-order valence-electron chi connectivity index (χ0n) is 10.2. The van der Waals surface area contributed by atoms with E-state index < -0.39 is 0 Å². The van der Waals surface area contributed by atoms with Crippen LogP contribution < -0.4 is 5.32 Å². The van der Waals surface area contributed by atoms with Crippen molar-refractivity contribution in [2.45, 2.75) is 13.0 Å². The molecule has 1 aromatic heterocycles. The summed E-state index contributed by atoms with van der Waals surface area (Å²) in [5.74, 6) is 0.876. The molecule has 1 fully saturated rings. The van der Waals surface area contributed by atoms with Crippen LogP contribution in [0, 0.1) is 6.92 Å². The molecular formula is C11H18N4O2. The molecule has 0 spiro atoms. The molecule has 0 aliphatic carbocycles. The Morgan fingerprint density at radius 1 is 1.76 bits per heavy atom. The van der Waals surface area contributed by atoms with Crippen LogP contribution in [0.15, 0.2) is 6.20 Å². The number of hydrogen-bond acceptors (Lipinski definition) is 4. The third-order valence-electron chi connectivity index (χ3n) is 2.81. The van der Waals surface area contributed by atoms with Gasteiger partial charge in [0.15, 0.2) is 0 Å². The molecule has 6 heteroatoms. The van der Waals surface area contributed by atoms with Crippen molar-refractivity contribution in [2.24, 2.45) is 0 Å². The van der Waals surface area contributed by atoms with Crippen molar-refractivity contribution in [3.63, 3.8) is 0 Å². The standard InChI is InChI=1S/C11H18N4O2/c1-8-5-13-11(14-8)9-7-17-4-3-15(9)10(16)6-12-2/h5,9,12H,3-4,6-7H2,1-2H3,(H,13,14). The minimum atomic E-state index is -0.0988. The summed E-state index contributed by atoms with van der Waals surface area (Å²) < 4.78 is 5.43. The first-order valence-electron chi connectivity index (χ1n) is 5.75. The van der Waals surface area contributed by atoms with E-state index >= 15 is 0 Å². The lowest BCUT2D eigenvalue weighted by atomic mass is 10.2. The summed E-state index contributed by atoms with van der Waals surface area (Å²) >= 11 is 0. The lowest BCUT2D eigenvalue weighted by Gasteiger charge is -2.34. The number of amides is 1. The van der Waals surface area contributed by atoms with E-state index in [9.17, 15) is 4.79 Å². The van der Waals surface area contributed by atoms with Gasteiger partial charge in [0.05, 0.1) is 19.8 Å². The van der Waals surface area contributed by atoms with E-state index in [2.05, 4.69) is 15.3 Å². The number of nitrogens with zero attached hydrogens (tertiary/aromatic N) is 2. The maximum Gasteiger partial charge on any atom is 0.237 e. The fraction of sp³-hybridized carbons (Fsp3) is 0.636. The predicted molar refractivity (Wildman–Crippen MR) is 62.5 cm³/mol. The van der Waals surface area contributed by atoms with Gasteiger partial charge >= 0.3 is 0 Å². The van der Waals surface area contributed by atoms with Gasteiger partial charge in [-0.2, -0.15) is 0 Å². The first-order chi connectivity index (χ1) is 8.22. The van der Waals surface area contributed by atoms with Crippen molar-refractivity contribution >= 4 is 5.91 Å². The van der Waals surface area contributed by atoms with Gasteiger partial charge in [-0.1, -0.05) is 0 Å². The summed E-state index contributed by atoms with van der Waals surface area (Å²) in [6.07, 6.45) is 1.77. The predicted octanol–water partition coefficient (Wildman–Crippen LogP) is -0.163. The van der Waals surface area contributed by atoms with E-state index in [1.165, 1.54) is 0 Å². The number of aromatic amines is 1. The smallest absolute Gasteiger partial charge is 0.237 e. The minimum Gasteiger partial charge on any atom is -0.377 e. The number of imidazole rings is 1. The SMILES string of the molecule is CNCC(=O)N1CCOCC1c1ncc(C)[nH]1. The highest BCUT2D eigenvalue weighted by Gasteiger charge is 2.29. The van der Waals surface area contributed by atoms with Gasteiger partial charge in [0.25, 0.3) is 0 Å². The van der Waals surface area contributed by atoms with Crippen LogP contribution in [0.2, 0.25) is 0 Å². The molecule has 1 unspecified atom stereocenters. The summed E-state index contributed by atoms with van der Waals surface area (Å²) in [6, 6.07) is -0.0988. The minimum absolute atomic E-state index is 0.0786. The zero-order valence-corrected chi connectivity index (χ0v) is 10.2. The Morgan fingerprint density at radius 2 is 2.59 bits per heavy atom. The number of carbonyl (C=O) groups is 1. The van der Waals surface area contributed by atoms with Crippen molar-refractivity contribution in [3.8, 4) is 0 Å². The van der Waals surface area contributed by atoms with E-state index in [1.807, 2.05) is 11.8 Å². The van der Waals surface area contributed by atoms with Crippen molar-refractivity contribution in [2.75, 3.05) is 33.4 Å². The second-order valence-corrected chi connectivity index (χ2v) is 4.16. The number of morpholine rings is 1. The van der Waals surface area contributed by atoms with Gasteiger partial charge in [-0.05, 0) is 14.0 Å². The van der Waals surface area contributed by atoms with E-state index in [4.69, 9.17) is 4.74 Å². The van der Waals surface area contributed by atoms with E-state index in [0.717, 1.165) is 11.5 Å². The summed E-state index contributed by atoms with van der Waals surface area (Å²) in [7, 11) is 1.77. The van der Waals surface area contributed by atoms with Crippen LogP contribution in [0.5, 0.6) is 0 Å². The topological polar surface area (TPSA) is 70.2 Å².